The van der Waals surface area contributed by atoms with E-state index < -0.39 is 0 Å². The summed E-state index contributed by atoms with van der Waals surface area (Å²) in [7, 11) is 0. The van der Waals surface area contributed by atoms with Gasteiger partial charge < -0.3 is 4.42 Å². The molecule has 0 aliphatic heterocycles. The molecule has 0 spiro atoms. The first kappa shape index (κ1) is 20.3. The minimum Gasteiger partial charge on any atom is -0.455 e. The van der Waals surface area contributed by atoms with E-state index in [1.54, 1.807) is 0 Å². The topological polar surface area (TPSA) is 86.5 Å². The van der Waals surface area contributed by atoms with Crippen LogP contribution in [0.25, 0.3) is 64.5 Å². The van der Waals surface area contributed by atoms with E-state index >= 15 is 0 Å². The molecule has 0 amide bonds. The number of rotatable bonds is 2. The van der Waals surface area contributed by atoms with Crippen LogP contribution in [0.4, 0.5) is 0 Å². The SMILES string of the molecule is N#Cc1nc(C#N)c2c(n1)sc1ccc(-c3ccc(-c4cccc5c4oc4ccccc45)cc3)cc12. The van der Waals surface area contributed by atoms with E-state index in [2.05, 4.69) is 76.7 Å². The van der Waals surface area contributed by atoms with Crippen molar-refractivity contribution in [3.8, 4) is 34.4 Å². The fourth-order valence-electron chi connectivity index (χ4n) is 4.80. The van der Waals surface area contributed by atoms with Crippen molar-refractivity contribution < 1.29 is 4.42 Å². The van der Waals surface area contributed by atoms with Crippen LogP contribution in [0, 0.1) is 22.7 Å². The smallest absolute Gasteiger partial charge is 0.234 e. The summed E-state index contributed by atoms with van der Waals surface area (Å²) < 4.78 is 7.22. The molecule has 0 radical (unpaired) electrons. The quantitative estimate of drug-likeness (QED) is 0.253. The van der Waals surface area contributed by atoms with E-state index in [0.717, 1.165) is 54.3 Å². The summed E-state index contributed by atoms with van der Waals surface area (Å²) in [5, 5.41) is 22.7. The molecule has 6 heteroatoms. The van der Waals surface area contributed by atoms with Gasteiger partial charge in [0.15, 0.2) is 5.69 Å². The molecule has 0 atom stereocenters. The summed E-state index contributed by atoms with van der Waals surface area (Å²) in [5.74, 6) is 0.0147. The molecule has 0 saturated carbocycles. The van der Waals surface area contributed by atoms with Gasteiger partial charge in [0, 0.05) is 26.4 Å². The maximum absolute atomic E-state index is 9.63. The van der Waals surface area contributed by atoms with Gasteiger partial charge in [-0.05, 0) is 34.9 Å². The fraction of sp³-hybridized carbons (Fsp3) is 0. The molecular formula is C30H14N4OS. The van der Waals surface area contributed by atoms with Crippen LogP contribution >= 0.6 is 11.3 Å². The molecule has 3 aromatic heterocycles. The van der Waals surface area contributed by atoms with Gasteiger partial charge in [0.1, 0.15) is 28.1 Å². The number of aromatic nitrogens is 2. The zero-order valence-electron chi connectivity index (χ0n) is 18.7. The lowest BCUT2D eigenvalue weighted by Crippen LogP contribution is -1.92. The highest BCUT2D eigenvalue weighted by Gasteiger charge is 2.16. The molecule has 0 saturated heterocycles. The Kier molecular flexibility index (Phi) is 4.38. The standard InChI is InChI=1S/C30H14N4OS/c31-15-24-28-23-14-19(12-13-26(23)36-30(28)34-27(16-32)33-24)17-8-10-18(11-9-17)20-5-3-6-22-21-4-1-2-7-25(21)35-29(20)22/h1-14H. The Labute approximate surface area is 209 Å². The van der Waals surface area contributed by atoms with Gasteiger partial charge in [-0.25, -0.2) is 9.97 Å². The zero-order valence-corrected chi connectivity index (χ0v) is 19.5. The minimum absolute atomic E-state index is 0.0147. The van der Waals surface area contributed by atoms with Crippen LogP contribution in [0.1, 0.15) is 11.5 Å². The van der Waals surface area contributed by atoms with Crippen LogP contribution in [0.15, 0.2) is 89.3 Å². The Morgan fingerprint density at radius 2 is 1.47 bits per heavy atom. The molecule has 4 aromatic carbocycles. The third-order valence-electron chi connectivity index (χ3n) is 6.47. The molecule has 0 aliphatic rings. The molecular weight excluding hydrogens is 464 g/mol. The number of hydrogen-bond donors (Lipinski definition) is 0. The van der Waals surface area contributed by atoms with E-state index in [1.807, 2.05) is 30.3 Å². The summed E-state index contributed by atoms with van der Waals surface area (Å²) in [6.45, 7) is 0. The molecule has 3 heterocycles. The van der Waals surface area contributed by atoms with Crippen molar-refractivity contribution >= 4 is 53.6 Å². The van der Waals surface area contributed by atoms with Crippen LogP contribution in [0.5, 0.6) is 0 Å². The van der Waals surface area contributed by atoms with Gasteiger partial charge in [0.2, 0.25) is 5.82 Å². The molecule has 0 fully saturated rings. The van der Waals surface area contributed by atoms with Crippen molar-refractivity contribution in [1.82, 2.24) is 9.97 Å². The maximum atomic E-state index is 9.63. The molecule has 36 heavy (non-hydrogen) atoms. The van der Waals surface area contributed by atoms with Crippen molar-refractivity contribution in [3.63, 3.8) is 0 Å². The van der Waals surface area contributed by atoms with E-state index in [1.165, 1.54) is 11.3 Å². The number of thiophene rings is 1. The minimum atomic E-state index is 0.0147. The Hall–Kier alpha value is -5.04. The number of hydrogen-bond acceptors (Lipinski definition) is 6. The summed E-state index contributed by atoms with van der Waals surface area (Å²) in [5.41, 5.74) is 6.23. The first-order valence-electron chi connectivity index (χ1n) is 11.3. The second-order valence-corrected chi connectivity index (χ2v) is 9.50. The summed E-state index contributed by atoms with van der Waals surface area (Å²) in [4.78, 5) is 9.08. The van der Waals surface area contributed by atoms with Crippen LogP contribution < -0.4 is 0 Å². The average molecular weight is 479 g/mol. The van der Waals surface area contributed by atoms with Crippen molar-refractivity contribution in [2.24, 2.45) is 0 Å². The number of fused-ring (bicyclic) bond motifs is 6. The maximum Gasteiger partial charge on any atom is 0.234 e. The summed E-state index contributed by atoms with van der Waals surface area (Å²) in [6, 6.07) is 33.0. The zero-order chi connectivity index (χ0) is 24.2. The fourth-order valence-corrected chi connectivity index (χ4v) is 5.86. The molecule has 7 rings (SSSR count). The van der Waals surface area contributed by atoms with Crippen LogP contribution in [-0.2, 0) is 0 Å². The van der Waals surface area contributed by atoms with Crippen molar-refractivity contribution in [3.05, 3.63) is 96.4 Å². The lowest BCUT2D eigenvalue weighted by atomic mass is 9.98. The van der Waals surface area contributed by atoms with Crippen LogP contribution in [0.3, 0.4) is 0 Å². The second-order valence-electron chi connectivity index (χ2n) is 8.47. The molecule has 0 unspecified atom stereocenters. The average Bonchev–Trinajstić information content (AvgIpc) is 3.50. The van der Waals surface area contributed by atoms with Crippen molar-refractivity contribution in [2.45, 2.75) is 0 Å². The lowest BCUT2D eigenvalue weighted by molar-refractivity contribution is 0.670. The third kappa shape index (κ3) is 2.99. The van der Waals surface area contributed by atoms with Crippen LogP contribution in [-0.4, -0.2) is 9.97 Å². The Morgan fingerprint density at radius 1 is 0.694 bits per heavy atom. The Bertz CT molecular complexity index is 2070. The van der Waals surface area contributed by atoms with Gasteiger partial charge in [-0.15, -0.1) is 11.3 Å². The van der Waals surface area contributed by atoms with E-state index in [-0.39, 0.29) is 11.5 Å². The summed E-state index contributed by atoms with van der Waals surface area (Å²) >= 11 is 1.46. The van der Waals surface area contributed by atoms with E-state index in [0.29, 0.717) is 10.2 Å². The highest BCUT2D eigenvalue weighted by atomic mass is 32.1. The van der Waals surface area contributed by atoms with E-state index in [4.69, 9.17) is 4.42 Å². The lowest BCUT2D eigenvalue weighted by Gasteiger charge is -2.06. The first-order chi connectivity index (χ1) is 17.7. The largest absolute Gasteiger partial charge is 0.455 e. The van der Waals surface area contributed by atoms with Gasteiger partial charge in [-0.2, -0.15) is 10.5 Å². The van der Waals surface area contributed by atoms with Gasteiger partial charge >= 0.3 is 0 Å². The van der Waals surface area contributed by atoms with Crippen molar-refractivity contribution in [1.29, 1.82) is 10.5 Å². The molecule has 7 aromatic rings. The van der Waals surface area contributed by atoms with E-state index in [9.17, 15) is 10.5 Å². The van der Waals surface area contributed by atoms with Crippen LogP contribution in [0.2, 0.25) is 0 Å². The molecule has 0 N–H and O–H groups in total. The van der Waals surface area contributed by atoms with Gasteiger partial charge in [-0.1, -0.05) is 66.7 Å². The van der Waals surface area contributed by atoms with Crippen molar-refractivity contribution in [2.75, 3.05) is 0 Å². The second kappa shape index (κ2) is 7.74. The number of para-hydroxylation sites is 2. The Balaban J connectivity index is 1.34. The highest BCUT2D eigenvalue weighted by Crippen LogP contribution is 2.38. The molecule has 5 nitrogen and oxygen atoms in total. The summed E-state index contributed by atoms with van der Waals surface area (Å²) in [6.07, 6.45) is 0. The molecule has 0 bridgehead atoms. The number of benzene rings is 4. The monoisotopic (exact) mass is 478 g/mol. The number of nitrogens with zero attached hydrogens (tertiary/aromatic N) is 4. The highest BCUT2D eigenvalue weighted by molar-refractivity contribution is 7.25. The Morgan fingerprint density at radius 3 is 2.31 bits per heavy atom. The van der Waals surface area contributed by atoms with Gasteiger partial charge in [0.05, 0.1) is 5.39 Å². The number of nitriles is 2. The van der Waals surface area contributed by atoms with Gasteiger partial charge in [-0.3, -0.25) is 0 Å². The predicted octanol–water partition coefficient (Wildman–Crippen LogP) is 7.82. The molecule has 166 valence electrons. The normalized spacial score (nSPS) is 11.3. The van der Waals surface area contributed by atoms with Gasteiger partial charge in [0.25, 0.3) is 0 Å². The predicted molar refractivity (Wildman–Crippen MR) is 143 cm³/mol. The number of furan rings is 1. The third-order valence-corrected chi connectivity index (χ3v) is 7.54. The molecule has 0 aliphatic carbocycles. The first-order valence-corrected chi connectivity index (χ1v) is 12.1.